The topological polar surface area (TPSA) is 0 Å². The zero-order valence-corrected chi connectivity index (χ0v) is 22.8. The minimum absolute atomic E-state index is 0.0517. The summed E-state index contributed by atoms with van der Waals surface area (Å²) in [6.07, 6.45) is 2.38. The van der Waals surface area contributed by atoms with Crippen molar-refractivity contribution in [3.8, 4) is 0 Å². The molecule has 0 nitrogen and oxygen atoms in total. The van der Waals surface area contributed by atoms with Crippen LogP contribution >= 0.6 is 0 Å². The van der Waals surface area contributed by atoms with E-state index in [1.165, 1.54) is 35.1 Å². The molecule has 0 radical (unpaired) electrons. The van der Waals surface area contributed by atoms with Gasteiger partial charge in [0.25, 0.3) is 0 Å². The standard InChI is InChI=1S/C32H40.2Li/c1-7-23(3)25(5)31(27-16-11-9-12-17-27)29-20-15-21-30(22-29)32(26(6)24(4)8-2)28-18-13-10-14-19-28;;/h9-26H,7-8H2,1-6H3;;. The van der Waals surface area contributed by atoms with Crippen molar-refractivity contribution in [3.63, 3.8) is 0 Å². The predicted octanol–water partition coefficient (Wildman–Crippen LogP) is 7.88. The Morgan fingerprint density at radius 1 is 0.529 bits per heavy atom. The maximum atomic E-state index is 2.54. The molecule has 2 heteroatoms. The number of rotatable bonds is 10. The molecule has 0 aliphatic rings. The fraction of sp³-hybridized carbons (Fsp3) is 0.438. The van der Waals surface area contributed by atoms with Crippen molar-refractivity contribution < 1.29 is 0 Å². The molecule has 0 aliphatic heterocycles. The van der Waals surface area contributed by atoms with Gasteiger partial charge in [0.05, 0.1) is 0 Å². The van der Waals surface area contributed by atoms with Crippen LogP contribution in [0.25, 0.3) is 0 Å². The van der Waals surface area contributed by atoms with E-state index in [0.29, 0.717) is 23.7 Å². The van der Waals surface area contributed by atoms with Crippen LogP contribution in [0.2, 0.25) is 0 Å². The second-order valence-electron chi connectivity index (χ2n) is 11.1. The molecule has 6 unspecified atom stereocenters. The molecule has 34 heavy (non-hydrogen) atoms. The van der Waals surface area contributed by atoms with E-state index in [4.69, 9.17) is 0 Å². The van der Waals surface area contributed by atoms with Crippen molar-refractivity contribution in [2.75, 3.05) is 0 Å². The summed E-state index contributed by atoms with van der Waals surface area (Å²) < 4.78 is -0.103. The zero-order valence-electron chi connectivity index (χ0n) is 22.8. The normalized spacial score (nSPS) is 18.9. The quantitative estimate of drug-likeness (QED) is 0.283. The van der Waals surface area contributed by atoms with Gasteiger partial charge < -0.3 is 0 Å². The van der Waals surface area contributed by atoms with Crippen LogP contribution in [0.3, 0.4) is 0 Å². The third-order valence-corrected chi connectivity index (χ3v) is 9.63. The number of hydrogen-bond donors (Lipinski definition) is 0. The van der Waals surface area contributed by atoms with Crippen LogP contribution in [0.1, 0.15) is 76.6 Å². The molecular weight excluding hydrogens is 398 g/mol. The zero-order chi connectivity index (χ0) is 24.9. The Morgan fingerprint density at radius 2 is 0.853 bits per heavy atom. The molecule has 0 saturated carbocycles. The van der Waals surface area contributed by atoms with Crippen molar-refractivity contribution >= 4 is 35.4 Å². The van der Waals surface area contributed by atoms with Gasteiger partial charge in [-0.3, -0.25) is 0 Å². The second-order valence-corrected chi connectivity index (χ2v) is 11.1. The minimum atomic E-state index is -0.0517. The summed E-state index contributed by atoms with van der Waals surface area (Å²) in [6, 6.07) is 31.9. The van der Waals surface area contributed by atoms with E-state index in [0.717, 1.165) is 0 Å². The number of benzene rings is 3. The van der Waals surface area contributed by atoms with E-state index in [2.05, 4.69) is 162 Å². The molecular formula is C32H40Li2. The Hall–Kier alpha value is -1.15. The summed E-state index contributed by atoms with van der Waals surface area (Å²) in [6.45, 7) is 14.4. The molecule has 0 fully saturated rings. The molecule has 0 amide bonds. The van der Waals surface area contributed by atoms with E-state index in [1.54, 1.807) is 0 Å². The fourth-order valence-corrected chi connectivity index (χ4v) is 5.96. The molecule has 6 atom stereocenters. The van der Waals surface area contributed by atoms with Gasteiger partial charge in [-0.05, 0) is 0 Å². The first-order chi connectivity index (χ1) is 16.2. The summed E-state index contributed by atoms with van der Waals surface area (Å²) in [5.41, 5.74) is 5.69. The molecule has 0 bridgehead atoms. The van der Waals surface area contributed by atoms with Gasteiger partial charge >= 0.3 is 229 Å². The van der Waals surface area contributed by atoms with Gasteiger partial charge in [0.2, 0.25) is 0 Å². The Labute approximate surface area is 227 Å². The monoisotopic (exact) mass is 438 g/mol. The van der Waals surface area contributed by atoms with Gasteiger partial charge in [0, 0.05) is 0 Å². The van der Waals surface area contributed by atoms with Crippen molar-refractivity contribution in [1.29, 1.82) is 0 Å². The second kappa shape index (κ2) is 11.7. The Balaban J connectivity index is 2.24. The van der Waals surface area contributed by atoms with E-state index in [1.807, 2.05) is 0 Å². The summed E-state index contributed by atoms with van der Waals surface area (Å²) in [7, 11) is 0. The van der Waals surface area contributed by atoms with E-state index in [9.17, 15) is 0 Å². The SMILES string of the molecule is [Li][C](c1ccccc1)(c1cccc([C]([Li])(c2ccccc2)C(C)C(C)CC)c1)C(C)C(C)CC. The predicted molar refractivity (Wildman–Crippen MR) is 150 cm³/mol. The van der Waals surface area contributed by atoms with Crippen LogP contribution in [0, 0.1) is 23.7 Å². The van der Waals surface area contributed by atoms with Gasteiger partial charge in [0.1, 0.15) is 0 Å². The average Bonchev–Trinajstić information content (AvgIpc) is 2.91. The van der Waals surface area contributed by atoms with Crippen LogP contribution in [0.15, 0.2) is 84.9 Å². The van der Waals surface area contributed by atoms with Gasteiger partial charge in [-0.15, -0.1) is 0 Å². The average molecular weight is 439 g/mol. The van der Waals surface area contributed by atoms with Crippen LogP contribution in [-0.2, 0) is 8.18 Å². The molecule has 0 spiro atoms. The Morgan fingerprint density at radius 3 is 1.18 bits per heavy atom. The summed E-state index contributed by atoms with van der Waals surface area (Å²) in [5, 5.41) is 0. The third-order valence-electron chi connectivity index (χ3n) is 9.63. The summed E-state index contributed by atoms with van der Waals surface area (Å²) >= 11 is 4.94. The Bertz CT molecular complexity index is 950. The van der Waals surface area contributed by atoms with Crippen LogP contribution in [-0.4, -0.2) is 35.4 Å². The molecule has 0 N–H and O–H groups in total. The first-order valence-corrected chi connectivity index (χ1v) is 13.4. The van der Waals surface area contributed by atoms with Crippen molar-refractivity contribution in [1.82, 2.24) is 0 Å². The molecule has 3 rings (SSSR count). The first-order valence-electron chi connectivity index (χ1n) is 13.4. The van der Waals surface area contributed by atoms with Gasteiger partial charge in [-0.25, -0.2) is 0 Å². The fourth-order valence-electron chi connectivity index (χ4n) is 5.96. The summed E-state index contributed by atoms with van der Waals surface area (Å²) in [4.78, 5) is 0. The first kappa shape index (κ1) is 27.4. The van der Waals surface area contributed by atoms with E-state index in [-0.39, 0.29) is 8.18 Å². The summed E-state index contributed by atoms with van der Waals surface area (Å²) in [5.74, 6) is 2.30. The van der Waals surface area contributed by atoms with Crippen molar-refractivity contribution in [2.45, 2.75) is 62.6 Å². The molecule has 0 aromatic heterocycles. The molecule has 3 aromatic rings. The number of hydrogen-bond acceptors (Lipinski definition) is 0. The Kier molecular flexibility index (Phi) is 9.46. The maximum absolute atomic E-state index is 2.54. The van der Waals surface area contributed by atoms with Crippen molar-refractivity contribution in [2.24, 2.45) is 23.7 Å². The van der Waals surface area contributed by atoms with Crippen LogP contribution < -0.4 is 0 Å². The molecule has 0 saturated heterocycles. The third kappa shape index (κ3) is 5.18. The van der Waals surface area contributed by atoms with Crippen LogP contribution in [0.5, 0.6) is 0 Å². The van der Waals surface area contributed by atoms with E-state index >= 15 is 0 Å². The molecule has 3 aromatic carbocycles. The molecule has 170 valence electrons. The van der Waals surface area contributed by atoms with Gasteiger partial charge in [-0.2, -0.15) is 0 Å². The van der Waals surface area contributed by atoms with Gasteiger partial charge in [-0.1, -0.05) is 0 Å². The molecule has 0 aliphatic carbocycles. The van der Waals surface area contributed by atoms with Crippen molar-refractivity contribution in [3.05, 3.63) is 107 Å². The molecule has 0 heterocycles. The van der Waals surface area contributed by atoms with Gasteiger partial charge in [0.15, 0.2) is 0 Å². The van der Waals surface area contributed by atoms with Crippen LogP contribution in [0.4, 0.5) is 0 Å². The van der Waals surface area contributed by atoms with E-state index < -0.39 is 0 Å².